The van der Waals surface area contributed by atoms with Crippen molar-refractivity contribution >= 4 is 0 Å². The Kier molecular flexibility index (Phi) is 8.40. The van der Waals surface area contributed by atoms with E-state index in [0.29, 0.717) is 12.1 Å². The third-order valence-corrected chi connectivity index (χ3v) is 3.91. The van der Waals surface area contributed by atoms with E-state index in [4.69, 9.17) is 9.47 Å². The third kappa shape index (κ3) is 6.49. The highest BCUT2D eigenvalue weighted by atomic mass is 16.5. The van der Waals surface area contributed by atoms with Gasteiger partial charge in [0.05, 0.1) is 13.2 Å². The maximum absolute atomic E-state index is 5.50. The first-order valence-corrected chi connectivity index (χ1v) is 8.00. The topological polar surface area (TPSA) is 30.5 Å². The molecule has 0 saturated heterocycles. The molecule has 120 valence electrons. The lowest BCUT2D eigenvalue weighted by atomic mass is 9.98. The van der Waals surface area contributed by atoms with Crippen molar-refractivity contribution < 1.29 is 9.47 Å². The summed E-state index contributed by atoms with van der Waals surface area (Å²) in [4.78, 5) is 0. The lowest BCUT2D eigenvalue weighted by Crippen LogP contribution is -2.32. The van der Waals surface area contributed by atoms with Crippen molar-refractivity contribution in [2.45, 2.75) is 58.6 Å². The van der Waals surface area contributed by atoms with Crippen LogP contribution in [0.2, 0.25) is 0 Å². The number of rotatable bonds is 10. The first-order chi connectivity index (χ1) is 10.1. The molecule has 3 heteroatoms. The quantitative estimate of drug-likeness (QED) is 0.713. The molecule has 0 aliphatic heterocycles. The van der Waals surface area contributed by atoms with Gasteiger partial charge in [0.15, 0.2) is 0 Å². The summed E-state index contributed by atoms with van der Waals surface area (Å²) in [7, 11) is 3.53. The minimum atomic E-state index is 0.315. The van der Waals surface area contributed by atoms with Crippen molar-refractivity contribution in [1.82, 2.24) is 5.32 Å². The predicted molar refractivity (Wildman–Crippen MR) is 89.2 cm³/mol. The summed E-state index contributed by atoms with van der Waals surface area (Å²) in [6, 6.07) is 6.88. The number of hydrogen-bond donors (Lipinski definition) is 1. The minimum Gasteiger partial charge on any atom is -0.496 e. The van der Waals surface area contributed by atoms with E-state index in [1.807, 2.05) is 0 Å². The van der Waals surface area contributed by atoms with Crippen LogP contribution >= 0.6 is 0 Å². The maximum Gasteiger partial charge on any atom is 0.122 e. The molecule has 1 N–H and O–H groups in total. The van der Waals surface area contributed by atoms with Crippen molar-refractivity contribution in [2.24, 2.45) is 0 Å². The molecular formula is C18H31NO2. The zero-order chi connectivity index (χ0) is 15.7. The average Bonchev–Trinajstić information content (AvgIpc) is 2.49. The van der Waals surface area contributed by atoms with Crippen molar-refractivity contribution in [2.75, 3.05) is 20.8 Å². The second kappa shape index (κ2) is 9.80. The van der Waals surface area contributed by atoms with E-state index in [2.05, 4.69) is 44.3 Å². The number of nitrogens with one attached hydrogen (secondary N) is 1. The second-order valence-corrected chi connectivity index (χ2v) is 5.79. The number of ether oxygens (including phenoxy) is 2. The van der Waals surface area contributed by atoms with Crippen LogP contribution in [-0.2, 0) is 11.2 Å². The van der Waals surface area contributed by atoms with Gasteiger partial charge in [0.25, 0.3) is 0 Å². The van der Waals surface area contributed by atoms with Gasteiger partial charge in [0, 0.05) is 13.2 Å². The van der Waals surface area contributed by atoms with E-state index in [1.54, 1.807) is 14.2 Å². The molecule has 2 atom stereocenters. The summed E-state index contributed by atoms with van der Waals surface area (Å²) in [5.41, 5.74) is 2.57. The molecule has 0 amide bonds. The maximum atomic E-state index is 5.50. The van der Waals surface area contributed by atoms with Crippen LogP contribution in [0.5, 0.6) is 5.75 Å². The van der Waals surface area contributed by atoms with Crippen LogP contribution in [0.3, 0.4) is 0 Å². The van der Waals surface area contributed by atoms with E-state index in [0.717, 1.165) is 38.0 Å². The number of hydrogen-bond acceptors (Lipinski definition) is 3. The van der Waals surface area contributed by atoms with Crippen LogP contribution in [0.15, 0.2) is 18.2 Å². The number of benzene rings is 1. The van der Waals surface area contributed by atoms with Crippen LogP contribution in [0.4, 0.5) is 0 Å². The van der Waals surface area contributed by atoms with Crippen molar-refractivity contribution in [3.63, 3.8) is 0 Å². The summed E-state index contributed by atoms with van der Waals surface area (Å²) in [6.45, 7) is 7.52. The molecule has 0 bridgehead atoms. The molecule has 1 rings (SSSR count). The Balaban J connectivity index is 2.72. The monoisotopic (exact) mass is 293 g/mol. The standard InChI is InChI=1S/C18H31NO2/c1-6-11-19-17(9-8-15(3)20-4)13-16-12-14(2)7-10-18(16)21-5/h7,10,12,15,17,19H,6,8-9,11,13H2,1-5H3. The van der Waals surface area contributed by atoms with E-state index >= 15 is 0 Å². The first kappa shape index (κ1) is 18.0. The molecule has 0 aromatic heterocycles. The summed E-state index contributed by atoms with van der Waals surface area (Å²) >= 11 is 0. The Morgan fingerprint density at radius 3 is 2.57 bits per heavy atom. The Morgan fingerprint density at radius 2 is 1.95 bits per heavy atom. The van der Waals surface area contributed by atoms with Gasteiger partial charge in [0.2, 0.25) is 0 Å². The van der Waals surface area contributed by atoms with Crippen LogP contribution in [0.1, 0.15) is 44.2 Å². The molecule has 0 saturated carbocycles. The summed E-state index contributed by atoms with van der Waals surface area (Å²) in [5, 5.41) is 3.66. The van der Waals surface area contributed by atoms with Crippen molar-refractivity contribution in [3.8, 4) is 5.75 Å². The zero-order valence-corrected chi connectivity index (χ0v) is 14.2. The largest absolute Gasteiger partial charge is 0.496 e. The Morgan fingerprint density at radius 1 is 1.19 bits per heavy atom. The fraction of sp³-hybridized carbons (Fsp3) is 0.667. The highest BCUT2D eigenvalue weighted by Gasteiger charge is 2.14. The van der Waals surface area contributed by atoms with Crippen LogP contribution in [0.25, 0.3) is 0 Å². The van der Waals surface area contributed by atoms with Crippen molar-refractivity contribution in [3.05, 3.63) is 29.3 Å². The van der Waals surface area contributed by atoms with E-state index in [1.165, 1.54) is 11.1 Å². The third-order valence-electron chi connectivity index (χ3n) is 3.91. The molecule has 0 aliphatic carbocycles. The normalized spacial score (nSPS) is 14.0. The van der Waals surface area contributed by atoms with Gasteiger partial charge in [-0.25, -0.2) is 0 Å². The highest BCUT2D eigenvalue weighted by Crippen LogP contribution is 2.22. The van der Waals surface area contributed by atoms with Crippen molar-refractivity contribution in [1.29, 1.82) is 0 Å². The molecule has 0 spiro atoms. The average molecular weight is 293 g/mol. The number of aryl methyl sites for hydroxylation is 1. The lowest BCUT2D eigenvalue weighted by Gasteiger charge is -2.21. The smallest absolute Gasteiger partial charge is 0.122 e. The van der Waals surface area contributed by atoms with Gasteiger partial charge >= 0.3 is 0 Å². The first-order valence-electron chi connectivity index (χ1n) is 8.00. The van der Waals surface area contributed by atoms with Gasteiger partial charge in [-0.1, -0.05) is 24.6 Å². The summed E-state index contributed by atoms with van der Waals surface area (Å²) in [6.07, 6.45) is 4.66. The molecule has 1 aromatic carbocycles. The van der Waals surface area contributed by atoms with Gasteiger partial charge < -0.3 is 14.8 Å². The second-order valence-electron chi connectivity index (χ2n) is 5.79. The fourth-order valence-corrected chi connectivity index (χ4v) is 2.51. The molecule has 0 aliphatic rings. The van der Waals surface area contributed by atoms with Crippen LogP contribution in [0, 0.1) is 6.92 Å². The van der Waals surface area contributed by atoms with Gasteiger partial charge in [-0.05, 0) is 57.7 Å². The van der Waals surface area contributed by atoms with Gasteiger partial charge in [-0.2, -0.15) is 0 Å². The minimum absolute atomic E-state index is 0.315. The molecule has 1 aromatic rings. The Hall–Kier alpha value is -1.06. The molecular weight excluding hydrogens is 262 g/mol. The summed E-state index contributed by atoms with van der Waals surface area (Å²) < 4.78 is 10.9. The SMILES string of the molecule is CCCNC(CCC(C)OC)Cc1cc(C)ccc1OC. The molecule has 0 radical (unpaired) electrons. The predicted octanol–water partition coefficient (Wildman–Crippen LogP) is 3.73. The summed E-state index contributed by atoms with van der Waals surface area (Å²) in [5.74, 6) is 0.990. The lowest BCUT2D eigenvalue weighted by molar-refractivity contribution is 0.106. The molecule has 0 heterocycles. The van der Waals surface area contributed by atoms with Gasteiger partial charge in [-0.3, -0.25) is 0 Å². The molecule has 3 nitrogen and oxygen atoms in total. The van der Waals surface area contributed by atoms with Gasteiger partial charge in [0.1, 0.15) is 5.75 Å². The molecule has 2 unspecified atom stereocenters. The van der Waals surface area contributed by atoms with Crippen LogP contribution in [-0.4, -0.2) is 32.9 Å². The fourth-order valence-electron chi connectivity index (χ4n) is 2.51. The van der Waals surface area contributed by atoms with E-state index < -0.39 is 0 Å². The highest BCUT2D eigenvalue weighted by molar-refractivity contribution is 5.37. The van der Waals surface area contributed by atoms with E-state index in [-0.39, 0.29) is 0 Å². The zero-order valence-electron chi connectivity index (χ0n) is 14.2. The Labute approximate surface area is 130 Å². The van der Waals surface area contributed by atoms with Gasteiger partial charge in [-0.15, -0.1) is 0 Å². The molecule has 0 fully saturated rings. The number of methoxy groups -OCH3 is 2. The Bertz CT molecular complexity index is 406. The van der Waals surface area contributed by atoms with Crippen LogP contribution < -0.4 is 10.1 Å². The van der Waals surface area contributed by atoms with E-state index in [9.17, 15) is 0 Å². The molecule has 21 heavy (non-hydrogen) atoms.